The normalized spacial score (nSPS) is 10.8. The van der Waals surface area contributed by atoms with Gasteiger partial charge in [0, 0.05) is 24.5 Å². The number of nitrogens with zero attached hydrogens (tertiary/aromatic N) is 1. The zero-order chi connectivity index (χ0) is 15.1. The summed E-state index contributed by atoms with van der Waals surface area (Å²) in [6, 6.07) is 16.6. The first-order valence-electron chi connectivity index (χ1n) is 7.60. The number of hydrogen-bond acceptors (Lipinski definition) is 3. The second-order valence-electron chi connectivity index (χ2n) is 5.26. The minimum absolute atomic E-state index is 0.791. The van der Waals surface area contributed by atoms with Crippen LogP contribution in [0.25, 0.3) is 0 Å². The van der Waals surface area contributed by atoms with Gasteiger partial charge >= 0.3 is 0 Å². The van der Waals surface area contributed by atoms with Gasteiger partial charge in [-0.2, -0.15) is 0 Å². The minimum Gasteiger partial charge on any atom is -0.399 e. The van der Waals surface area contributed by atoms with Crippen LogP contribution in [-0.2, 0) is 13.1 Å². The van der Waals surface area contributed by atoms with Crippen molar-refractivity contribution < 1.29 is 0 Å². The Morgan fingerprint density at radius 2 is 1.67 bits per heavy atom. The monoisotopic (exact) mass is 283 g/mol. The highest BCUT2D eigenvalue weighted by Gasteiger charge is 2.02. The van der Waals surface area contributed by atoms with Crippen molar-refractivity contribution in [2.24, 2.45) is 0 Å². The smallest absolute Gasteiger partial charge is 0.0401 e. The lowest BCUT2D eigenvalue weighted by atomic mass is 10.1. The molecule has 0 radical (unpaired) electrons. The highest BCUT2D eigenvalue weighted by atomic mass is 15.1. The Bertz CT molecular complexity index is 562. The number of benzene rings is 2. The first-order valence-corrected chi connectivity index (χ1v) is 7.60. The molecule has 0 fully saturated rings. The van der Waals surface area contributed by atoms with E-state index in [1.807, 2.05) is 18.2 Å². The van der Waals surface area contributed by atoms with Gasteiger partial charge in [0.2, 0.25) is 0 Å². The summed E-state index contributed by atoms with van der Waals surface area (Å²) in [5.41, 5.74) is 10.3. The summed E-state index contributed by atoms with van der Waals surface area (Å²) >= 11 is 0. The van der Waals surface area contributed by atoms with Crippen LogP contribution in [-0.4, -0.2) is 18.0 Å². The lowest BCUT2D eigenvalue weighted by Gasteiger charge is -2.18. The Kier molecular flexibility index (Phi) is 5.64. The summed E-state index contributed by atoms with van der Waals surface area (Å²) in [6.07, 6.45) is 0. The second kappa shape index (κ2) is 7.70. The molecule has 0 heterocycles. The molecule has 3 nitrogen and oxygen atoms in total. The van der Waals surface area contributed by atoms with Gasteiger partial charge < -0.3 is 11.1 Å². The van der Waals surface area contributed by atoms with Crippen LogP contribution in [0.2, 0.25) is 0 Å². The zero-order valence-corrected chi connectivity index (χ0v) is 13.0. The fourth-order valence-electron chi connectivity index (χ4n) is 2.39. The molecule has 0 bridgehead atoms. The molecule has 3 heteroatoms. The van der Waals surface area contributed by atoms with Gasteiger partial charge in [-0.25, -0.2) is 0 Å². The molecule has 0 saturated carbocycles. The van der Waals surface area contributed by atoms with Gasteiger partial charge in [-0.1, -0.05) is 38.1 Å². The molecule has 0 aromatic heterocycles. The number of rotatable bonds is 7. The maximum absolute atomic E-state index is 5.80. The maximum Gasteiger partial charge on any atom is 0.0401 e. The van der Waals surface area contributed by atoms with Crippen LogP contribution in [0.15, 0.2) is 48.5 Å². The minimum atomic E-state index is 0.791. The summed E-state index contributed by atoms with van der Waals surface area (Å²) in [7, 11) is 0. The van der Waals surface area contributed by atoms with Crippen molar-refractivity contribution in [1.82, 2.24) is 4.90 Å². The number of anilines is 2. The molecule has 0 spiro atoms. The van der Waals surface area contributed by atoms with Crippen LogP contribution in [0.1, 0.15) is 25.0 Å². The lowest BCUT2D eigenvalue weighted by molar-refractivity contribution is 0.296. The van der Waals surface area contributed by atoms with Gasteiger partial charge in [-0.05, 0) is 48.5 Å². The molecular formula is C18H25N3. The molecule has 0 aliphatic heterocycles. The molecule has 2 aromatic rings. The zero-order valence-electron chi connectivity index (χ0n) is 13.0. The van der Waals surface area contributed by atoms with E-state index in [0.717, 1.165) is 37.6 Å². The SMILES string of the molecule is CCN(CC)Cc1cccc(NCc2cccc(N)c2)c1. The van der Waals surface area contributed by atoms with Crippen molar-refractivity contribution in [2.45, 2.75) is 26.9 Å². The molecular weight excluding hydrogens is 258 g/mol. The largest absolute Gasteiger partial charge is 0.399 e. The van der Waals surface area contributed by atoms with Gasteiger partial charge in [0.15, 0.2) is 0 Å². The summed E-state index contributed by atoms with van der Waals surface area (Å²) in [4.78, 5) is 2.41. The molecule has 112 valence electrons. The van der Waals surface area contributed by atoms with E-state index < -0.39 is 0 Å². The number of nitrogens with one attached hydrogen (secondary N) is 1. The van der Waals surface area contributed by atoms with Gasteiger partial charge in [-0.15, -0.1) is 0 Å². The van der Waals surface area contributed by atoms with E-state index >= 15 is 0 Å². The highest BCUT2D eigenvalue weighted by molar-refractivity contribution is 5.47. The van der Waals surface area contributed by atoms with E-state index in [1.165, 1.54) is 11.1 Å². The van der Waals surface area contributed by atoms with Gasteiger partial charge in [-0.3, -0.25) is 4.90 Å². The molecule has 0 aliphatic rings. The Balaban J connectivity index is 1.97. The van der Waals surface area contributed by atoms with Crippen molar-refractivity contribution in [1.29, 1.82) is 0 Å². The van der Waals surface area contributed by atoms with Crippen molar-refractivity contribution >= 4 is 11.4 Å². The lowest BCUT2D eigenvalue weighted by Crippen LogP contribution is -2.22. The van der Waals surface area contributed by atoms with Crippen molar-refractivity contribution in [3.05, 3.63) is 59.7 Å². The second-order valence-corrected chi connectivity index (χ2v) is 5.26. The summed E-state index contributed by atoms with van der Waals surface area (Å²) < 4.78 is 0. The van der Waals surface area contributed by atoms with Crippen LogP contribution in [0.3, 0.4) is 0 Å². The van der Waals surface area contributed by atoms with Crippen molar-refractivity contribution in [3.8, 4) is 0 Å². The average molecular weight is 283 g/mol. The van der Waals surface area contributed by atoms with Gasteiger partial charge in [0.25, 0.3) is 0 Å². The van der Waals surface area contributed by atoms with Crippen LogP contribution in [0.5, 0.6) is 0 Å². The van der Waals surface area contributed by atoms with Crippen LogP contribution >= 0.6 is 0 Å². The fraction of sp³-hybridized carbons (Fsp3) is 0.333. The summed E-state index contributed by atoms with van der Waals surface area (Å²) in [5, 5.41) is 3.46. The topological polar surface area (TPSA) is 41.3 Å². The third-order valence-electron chi connectivity index (χ3n) is 3.68. The Morgan fingerprint density at radius 1 is 0.952 bits per heavy atom. The summed E-state index contributed by atoms with van der Waals surface area (Å²) in [5.74, 6) is 0. The molecule has 0 atom stereocenters. The third-order valence-corrected chi connectivity index (χ3v) is 3.68. The molecule has 3 N–H and O–H groups in total. The molecule has 2 rings (SSSR count). The Morgan fingerprint density at radius 3 is 2.38 bits per heavy atom. The van der Waals surface area contributed by atoms with E-state index in [2.05, 4.69) is 54.4 Å². The van der Waals surface area contributed by atoms with E-state index in [0.29, 0.717) is 0 Å². The van der Waals surface area contributed by atoms with Crippen molar-refractivity contribution in [2.75, 3.05) is 24.1 Å². The standard InChI is InChI=1S/C18H25N3/c1-3-21(4-2)14-16-8-6-10-18(12-16)20-13-15-7-5-9-17(19)11-15/h5-12,20H,3-4,13-14,19H2,1-2H3. The van der Waals surface area contributed by atoms with Gasteiger partial charge in [0.1, 0.15) is 0 Å². The van der Waals surface area contributed by atoms with E-state index in [-0.39, 0.29) is 0 Å². The quantitative estimate of drug-likeness (QED) is 0.761. The molecule has 0 aliphatic carbocycles. The van der Waals surface area contributed by atoms with Gasteiger partial charge in [0.05, 0.1) is 0 Å². The van der Waals surface area contributed by atoms with E-state index in [4.69, 9.17) is 5.73 Å². The highest BCUT2D eigenvalue weighted by Crippen LogP contribution is 2.15. The van der Waals surface area contributed by atoms with Crippen LogP contribution < -0.4 is 11.1 Å². The predicted octanol–water partition coefficient (Wildman–Crippen LogP) is 3.72. The molecule has 0 amide bonds. The number of hydrogen-bond donors (Lipinski definition) is 2. The summed E-state index contributed by atoms with van der Waals surface area (Å²) in [6.45, 7) is 8.35. The molecule has 2 aromatic carbocycles. The fourth-order valence-corrected chi connectivity index (χ4v) is 2.39. The molecule has 0 saturated heterocycles. The third kappa shape index (κ3) is 4.80. The number of nitrogens with two attached hydrogens (primary N) is 1. The van der Waals surface area contributed by atoms with Crippen molar-refractivity contribution in [3.63, 3.8) is 0 Å². The predicted molar refractivity (Wildman–Crippen MR) is 91.2 cm³/mol. The molecule has 0 unspecified atom stereocenters. The van der Waals surface area contributed by atoms with E-state index in [1.54, 1.807) is 0 Å². The average Bonchev–Trinajstić information content (AvgIpc) is 2.51. The maximum atomic E-state index is 5.80. The first kappa shape index (κ1) is 15.4. The Labute approximate surface area is 127 Å². The first-order chi connectivity index (χ1) is 10.2. The number of nitrogen functional groups attached to an aromatic ring is 1. The molecule has 21 heavy (non-hydrogen) atoms. The Hall–Kier alpha value is -2.00. The van der Waals surface area contributed by atoms with Crippen LogP contribution in [0.4, 0.5) is 11.4 Å². The van der Waals surface area contributed by atoms with Crippen LogP contribution in [0, 0.1) is 0 Å². The van der Waals surface area contributed by atoms with E-state index in [9.17, 15) is 0 Å².